The maximum absolute atomic E-state index is 11.4. The average molecular weight is 276 g/mol. The Hall–Kier alpha value is -2.04. The van der Waals surface area contributed by atoms with Crippen LogP contribution in [-0.2, 0) is 11.3 Å². The summed E-state index contributed by atoms with van der Waals surface area (Å²) in [5, 5.41) is 9.23. The van der Waals surface area contributed by atoms with Crippen LogP contribution >= 0.6 is 0 Å². The summed E-state index contributed by atoms with van der Waals surface area (Å²) in [5.74, 6) is 0.817. The molecule has 3 N–H and O–H groups in total. The largest absolute Gasteiger partial charge is 0.355 e. The summed E-state index contributed by atoms with van der Waals surface area (Å²) >= 11 is 0. The lowest BCUT2D eigenvalue weighted by Gasteiger charge is -2.13. The minimum Gasteiger partial charge on any atom is -0.355 e. The maximum Gasteiger partial charge on any atom is 0.222 e. The molecule has 0 radical (unpaired) electrons. The third-order valence-electron chi connectivity index (χ3n) is 2.77. The van der Waals surface area contributed by atoms with Crippen LogP contribution in [0.2, 0.25) is 0 Å². The number of amides is 1. The second kappa shape index (κ2) is 8.96. The number of aliphatic imine (C=N–C) groups is 1. The Balaban J connectivity index is 2.22. The van der Waals surface area contributed by atoms with Gasteiger partial charge in [0, 0.05) is 32.6 Å². The van der Waals surface area contributed by atoms with E-state index in [1.165, 1.54) is 5.56 Å². The van der Waals surface area contributed by atoms with Crippen LogP contribution in [0, 0.1) is 5.92 Å². The van der Waals surface area contributed by atoms with Crippen LogP contribution in [0.15, 0.2) is 35.3 Å². The molecule has 0 aliphatic heterocycles. The van der Waals surface area contributed by atoms with E-state index in [4.69, 9.17) is 0 Å². The number of rotatable bonds is 6. The Morgan fingerprint density at radius 2 is 1.75 bits per heavy atom. The highest BCUT2D eigenvalue weighted by Crippen LogP contribution is 1.96. The standard InChI is InChI=1S/C15H24N4O/c1-12(2)14(20)17-9-10-18-15(16-3)19-11-13-7-5-4-6-8-13/h4-8,12H,9-11H2,1-3H3,(H,17,20)(H2,16,18,19). The number of carbonyl (C=O) groups is 1. The molecule has 1 rings (SSSR count). The molecule has 0 spiro atoms. The van der Waals surface area contributed by atoms with Crippen molar-refractivity contribution >= 4 is 11.9 Å². The molecule has 0 aromatic heterocycles. The Kier molecular flexibility index (Phi) is 7.17. The first-order valence-corrected chi connectivity index (χ1v) is 6.89. The predicted molar refractivity (Wildman–Crippen MR) is 82.5 cm³/mol. The zero-order valence-corrected chi connectivity index (χ0v) is 12.4. The van der Waals surface area contributed by atoms with E-state index < -0.39 is 0 Å². The molecule has 1 aromatic carbocycles. The van der Waals surface area contributed by atoms with E-state index in [0.717, 1.165) is 12.5 Å². The fraction of sp³-hybridized carbons (Fsp3) is 0.467. The fourth-order valence-electron chi connectivity index (χ4n) is 1.57. The zero-order chi connectivity index (χ0) is 14.8. The van der Waals surface area contributed by atoms with Gasteiger partial charge in [-0.15, -0.1) is 0 Å². The lowest BCUT2D eigenvalue weighted by Crippen LogP contribution is -2.41. The Morgan fingerprint density at radius 3 is 2.35 bits per heavy atom. The minimum atomic E-state index is 0.0190. The van der Waals surface area contributed by atoms with Crippen molar-refractivity contribution in [2.75, 3.05) is 20.1 Å². The predicted octanol–water partition coefficient (Wildman–Crippen LogP) is 1.12. The summed E-state index contributed by atoms with van der Waals surface area (Å²) in [7, 11) is 1.73. The van der Waals surface area contributed by atoms with Crippen LogP contribution in [0.1, 0.15) is 19.4 Å². The van der Waals surface area contributed by atoms with Gasteiger partial charge < -0.3 is 16.0 Å². The Bertz CT molecular complexity index is 429. The smallest absolute Gasteiger partial charge is 0.222 e. The molecule has 5 heteroatoms. The Morgan fingerprint density at radius 1 is 1.10 bits per heavy atom. The number of carbonyl (C=O) groups excluding carboxylic acids is 1. The number of guanidine groups is 1. The van der Waals surface area contributed by atoms with E-state index in [-0.39, 0.29) is 11.8 Å². The molecule has 0 fully saturated rings. The van der Waals surface area contributed by atoms with Crippen molar-refractivity contribution in [3.05, 3.63) is 35.9 Å². The van der Waals surface area contributed by atoms with Crippen molar-refractivity contribution in [1.29, 1.82) is 0 Å². The molecule has 0 aliphatic carbocycles. The highest BCUT2D eigenvalue weighted by Gasteiger charge is 2.05. The van der Waals surface area contributed by atoms with Gasteiger partial charge in [0.05, 0.1) is 0 Å². The highest BCUT2D eigenvalue weighted by molar-refractivity contribution is 5.80. The van der Waals surface area contributed by atoms with Crippen molar-refractivity contribution in [3.8, 4) is 0 Å². The number of benzene rings is 1. The van der Waals surface area contributed by atoms with Gasteiger partial charge in [-0.1, -0.05) is 44.2 Å². The number of nitrogens with zero attached hydrogens (tertiary/aromatic N) is 1. The molecule has 0 saturated heterocycles. The van der Waals surface area contributed by atoms with Crippen LogP contribution in [0.3, 0.4) is 0 Å². The van der Waals surface area contributed by atoms with E-state index in [0.29, 0.717) is 13.1 Å². The van der Waals surface area contributed by atoms with E-state index in [1.807, 2.05) is 32.0 Å². The maximum atomic E-state index is 11.4. The van der Waals surface area contributed by atoms with E-state index in [2.05, 4.69) is 33.1 Å². The third kappa shape index (κ3) is 6.22. The second-order valence-electron chi connectivity index (χ2n) is 4.78. The van der Waals surface area contributed by atoms with Crippen molar-refractivity contribution < 1.29 is 4.79 Å². The SMILES string of the molecule is CN=C(NCCNC(=O)C(C)C)NCc1ccccc1. The lowest BCUT2D eigenvalue weighted by atomic mass is 10.2. The Labute approximate surface area is 120 Å². The van der Waals surface area contributed by atoms with Gasteiger partial charge in [0.1, 0.15) is 0 Å². The summed E-state index contributed by atoms with van der Waals surface area (Å²) in [4.78, 5) is 15.5. The normalized spacial score (nSPS) is 11.3. The third-order valence-corrected chi connectivity index (χ3v) is 2.77. The summed E-state index contributed by atoms with van der Waals surface area (Å²) in [6.07, 6.45) is 0. The van der Waals surface area contributed by atoms with Gasteiger partial charge in [-0.2, -0.15) is 0 Å². The van der Waals surface area contributed by atoms with Crippen LogP contribution < -0.4 is 16.0 Å². The van der Waals surface area contributed by atoms with Crippen LogP contribution in [0.5, 0.6) is 0 Å². The molecule has 0 aliphatic rings. The molecule has 0 saturated carbocycles. The van der Waals surface area contributed by atoms with Crippen molar-refractivity contribution in [2.24, 2.45) is 10.9 Å². The minimum absolute atomic E-state index is 0.0190. The monoisotopic (exact) mass is 276 g/mol. The van der Waals surface area contributed by atoms with Gasteiger partial charge >= 0.3 is 0 Å². The number of hydrogen-bond acceptors (Lipinski definition) is 2. The molecule has 110 valence electrons. The lowest BCUT2D eigenvalue weighted by molar-refractivity contribution is -0.123. The van der Waals surface area contributed by atoms with E-state index in [9.17, 15) is 4.79 Å². The van der Waals surface area contributed by atoms with Gasteiger partial charge in [-0.3, -0.25) is 9.79 Å². The molecule has 0 atom stereocenters. The highest BCUT2D eigenvalue weighted by atomic mass is 16.1. The molecule has 1 amide bonds. The molecular weight excluding hydrogens is 252 g/mol. The second-order valence-corrected chi connectivity index (χ2v) is 4.78. The number of nitrogens with one attached hydrogen (secondary N) is 3. The van der Waals surface area contributed by atoms with Crippen LogP contribution in [-0.4, -0.2) is 32.0 Å². The zero-order valence-electron chi connectivity index (χ0n) is 12.4. The van der Waals surface area contributed by atoms with Crippen LogP contribution in [0.4, 0.5) is 0 Å². The van der Waals surface area contributed by atoms with Gasteiger partial charge in [-0.05, 0) is 5.56 Å². The molecule has 0 heterocycles. The average Bonchev–Trinajstić information content (AvgIpc) is 2.47. The first kappa shape index (κ1) is 16.0. The molecule has 0 bridgehead atoms. The topological polar surface area (TPSA) is 65.5 Å². The summed E-state index contributed by atoms with van der Waals surface area (Å²) in [5.41, 5.74) is 1.20. The van der Waals surface area contributed by atoms with E-state index >= 15 is 0 Å². The van der Waals surface area contributed by atoms with Crippen molar-refractivity contribution in [3.63, 3.8) is 0 Å². The number of hydrogen-bond donors (Lipinski definition) is 3. The van der Waals surface area contributed by atoms with Crippen LogP contribution in [0.25, 0.3) is 0 Å². The first-order chi connectivity index (χ1) is 9.63. The quantitative estimate of drug-likeness (QED) is 0.414. The fourth-order valence-corrected chi connectivity index (χ4v) is 1.57. The van der Waals surface area contributed by atoms with Gasteiger partial charge in [-0.25, -0.2) is 0 Å². The van der Waals surface area contributed by atoms with Crippen molar-refractivity contribution in [1.82, 2.24) is 16.0 Å². The van der Waals surface area contributed by atoms with Gasteiger partial charge in [0.2, 0.25) is 5.91 Å². The molecular formula is C15H24N4O. The summed E-state index contributed by atoms with van der Waals surface area (Å²) < 4.78 is 0. The van der Waals surface area contributed by atoms with Gasteiger partial charge in [0.15, 0.2) is 5.96 Å². The van der Waals surface area contributed by atoms with Gasteiger partial charge in [0.25, 0.3) is 0 Å². The summed E-state index contributed by atoms with van der Waals surface area (Å²) in [6.45, 7) is 5.71. The molecule has 1 aromatic rings. The van der Waals surface area contributed by atoms with Crippen molar-refractivity contribution in [2.45, 2.75) is 20.4 Å². The molecule has 5 nitrogen and oxygen atoms in total. The first-order valence-electron chi connectivity index (χ1n) is 6.89. The molecule has 0 unspecified atom stereocenters. The summed E-state index contributed by atoms with van der Waals surface area (Å²) in [6, 6.07) is 10.1. The van der Waals surface area contributed by atoms with E-state index in [1.54, 1.807) is 7.05 Å². The molecule has 20 heavy (non-hydrogen) atoms.